The molecule has 1 saturated heterocycles. The number of rotatable bonds is 16. The van der Waals surface area contributed by atoms with E-state index in [4.69, 9.17) is 10.5 Å². The fraction of sp³-hybridized carbons (Fsp3) is 0.697. The van der Waals surface area contributed by atoms with Gasteiger partial charge in [-0.25, -0.2) is 4.79 Å². The summed E-state index contributed by atoms with van der Waals surface area (Å²) >= 11 is 0. The minimum absolute atomic E-state index is 0.0661. The molecule has 1 rings (SSSR count). The maximum atomic E-state index is 12.0. The predicted molar refractivity (Wildman–Crippen MR) is 166 cm³/mol. The molecule has 1 heterocycles. The number of primary amides is 1. The molecular formula is C33H56N2O7. The lowest BCUT2D eigenvalue weighted by Crippen LogP contribution is -2.50. The first kappa shape index (κ1) is 37.6. The molecule has 2 amide bonds. The van der Waals surface area contributed by atoms with Gasteiger partial charge in [-0.1, -0.05) is 90.2 Å². The monoisotopic (exact) mass is 592 g/mol. The van der Waals surface area contributed by atoms with Crippen molar-refractivity contribution < 1.29 is 34.8 Å². The summed E-state index contributed by atoms with van der Waals surface area (Å²) in [6, 6.07) is -0.994. The van der Waals surface area contributed by atoms with Gasteiger partial charge in [0, 0.05) is 36.1 Å². The third-order valence-corrected chi connectivity index (χ3v) is 8.77. The Morgan fingerprint density at radius 2 is 1.64 bits per heavy atom. The van der Waals surface area contributed by atoms with Crippen molar-refractivity contribution in [3.63, 3.8) is 0 Å². The number of aliphatic hydroxyl groups excluding tert-OH is 4. The maximum absolute atomic E-state index is 12.0. The van der Waals surface area contributed by atoms with Crippen LogP contribution in [0.3, 0.4) is 0 Å². The molecular weight excluding hydrogens is 536 g/mol. The van der Waals surface area contributed by atoms with Crippen LogP contribution in [0.1, 0.15) is 68.2 Å². The second kappa shape index (κ2) is 17.6. The van der Waals surface area contributed by atoms with Gasteiger partial charge < -0.3 is 36.2 Å². The van der Waals surface area contributed by atoms with Gasteiger partial charge in [0.15, 0.2) is 0 Å². The first-order valence-corrected chi connectivity index (χ1v) is 15.1. The van der Waals surface area contributed by atoms with Gasteiger partial charge >= 0.3 is 12.0 Å². The summed E-state index contributed by atoms with van der Waals surface area (Å²) in [5, 5.41) is 45.6. The fourth-order valence-corrected chi connectivity index (χ4v) is 5.91. The van der Waals surface area contributed by atoms with E-state index in [0.717, 1.165) is 5.57 Å². The summed E-state index contributed by atoms with van der Waals surface area (Å²) in [6.07, 6.45) is 7.81. The van der Waals surface area contributed by atoms with Crippen molar-refractivity contribution in [2.24, 2.45) is 47.2 Å². The van der Waals surface area contributed by atoms with E-state index in [0.29, 0.717) is 6.42 Å². The van der Waals surface area contributed by atoms with Crippen molar-refractivity contribution in [1.82, 2.24) is 5.32 Å². The number of hydrogen-bond acceptors (Lipinski definition) is 7. The zero-order valence-corrected chi connectivity index (χ0v) is 26.7. The molecule has 0 saturated carbocycles. The molecule has 9 nitrogen and oxygen atoms in total. The SMILES string of the molecule is C=CC=C[C@H](C)[C@H](NC(N)=O)[C@@H](C)[C@H](O)[C@@H](C)CC(C)=C[C@H](C)[C@@H](O)[C@@H](C)C=C[C@@H](O)C[C@@H]1OC(=O)[C@H](C)[C@@H](O)[C@H]1C. The quantitative estimate of drug-likeness (QED) is 0.0900. The zero-order valence-electron chi connectivity index (χ0n) is 26.7. The second-order valence-electron chi connectivity index (χ2n) is 12.6. The molecule has 240 valence electrons. The lowest BCUT2D eigenvalue weighted by atomic mass is 9.80. The summed E-state index contributed by atoms with van der Waals surface area (Å²) in [7, 11) is 0. The Morgan fingerprint density at radius 1 is 1.02 bits per heavy atom. The molecule has 0 aliphatic carbocycles. The molecule has 0 aromatic heterocycles. The fourth-order valence-electron chi connectivity index (χ4n) is 5.91. The molecule has 9 heteroatoms. The van der Waals surface area contributed by atoms with Crippen molar-refractivity contribution in [1.29, 1.82) is 0 Å². The van der Waals surface area contributed by atoms with Gasteiger partial charge in [0.1, 0.15) is 6.10 Å². The van der Waals surface area contributed by atoms with E-state index in [-0.39, 0.29) is 48.0 Å². The Bertz CT molecular complexity index is 964. The highest BCUT2D eigenvalue weighted by molar-refractivity contribution is 5.74. The molecule has 0 radical (unpaired) electrons. The van der Waals surface area contributed by atoms with Crippen LogP contribution < -0.4 is 11.1 Å². The number of urea groups is 1. The van der Waals surface area contributed by atoms with Crippen LogP contribution in [0.25, 0.3) is 0 Å². The number of cyclic esters (lactones) is 1. The number of hydrogen-bond donors (Lipinski definition) is 6. The third-order valence-electron chi connectivity index (χ3n) is 8.77. The van der Waals surface area contributed by atoms with Crippen molar-refractivity contribution in [3.05, 3.63) is 48.6 Å². The van der Waals surface area contributed by atoms with E-state index >= 15 is 0 Å². The Hall–Kier alpha value is -2.46. The summed E-state index contributed by atoms with van der Waals surface area (Å²) in [5.41, 5.74) is 6.43. The molecule has 1 fully saturated rings. The van der Waals surface area contributed by atoms with Crippen molar-refractivity contribution >= 4 is 12.0 Å². The van der Waals surface area contributed by atoms with Gasteiger partial charge in [-0.3, -0.25) is 4.79 Å². The van der Waals surface area contributed by atoms with E-state index in [9.17, 15) is 30.0 Å². The zero-order chi connectivity index (χ0) is 32.3. The standard InChI is InChI=1S/C33H56N2O7/c1-10-11-12-19(3)28(35-33(34)41)24(8)30(38)22(6)16-18(2)15-21(5)29(37)20(4)13-14-26(36)17-27-23(7)31(39)25(9)32(40)42-27/h10-15,19-31,36-39H,1,16-17H2,2-9H3,(H3,34,35,41)/t19-,20-,21-,22-,23-,24+,25+,26+,27-,28-,29-,30+,31-/m0/s1. The largest absolute Gasteiger partial charge is 0.462 e. The number of amides is 2. The van der Waals surface area contributed by atoms with Crippen LogP contribution in [0.4, 0.5) is 4.79 Å². The number of ether oxygens (including phenoxy) is 1. The lowest BCUT2D eigenvalue weighted by molar-refractivity contribution is -0.179. The summed E-state index contributed by atoms with van der Waals surface area (Å²) in [5.74, 6) is -2.23. The van der Waals surface area contributed by atoms with E-state index in [1.54, 1.807) is 38.2 Å². The summed E-state index contributed by atoms with van der Waals surface area (Å²) in [4.78, 5) is 23.6. The number of carbonyl (C=O) groups is 2. The molecule has 1 aliphatic rings. The van der Waals surface area contributed by atoms with E-state index in [2.05, 4.69) is 11.9 Å². The molecule has 13 atom stereocenters. The number of allylic oxidation sites excluding steroid dienone is 3. The first-order valence-electron chi connectivity index (χ1n) is 15.1. The van der Waals surface area contributed by atoms with Crippen LogP contribution in [-0.4, -0.2) is 69.0 Å². The molecule has 0 aromatic rings. The Balaban J connectivity index is 2.76. The Kier molecular flexibility index (Phi) is 15.7. The summed E-state index contributed by atoms with van der Waals surface area (Å²) in [6.45, 7) is 18.7. The minimum Gasteiger partial charge on any atom is -0.462 e. The number of nitrogens with one attached hydrogen (secondary N) is 1. The summed E-state index contributed by atoms with van der Waals surface area (Å²) < 4.78 is 5.41. The average molecular weight is 593 g/mol. The highest BCUT2D eigenvalue weighted by atomic mass is 16.5. The normalized spacial score (nSPS) is 28.3. The van der Waals surface area contributed by atoms with E-state index in [1.165, 1.54) is 0 Å². The topological polar surface area (TPSA) is 162 Å². The smallest absolute Gasteiger partial charge is 0.312 e. The molecule has 1 aliphatic heterocycles. The van der Waals surface area contributed by atoms with Crippen LogP contribution in [0, 0.1) is 41.4 Å². The third kappa shape index (κ3) is 11.3. The molecule has 0 unspecified atom stereocenters. The van der Waals surface area contributed by atoms with Crippen LogP contribution >= 0.6 is 0 Å². The predicted octanol–water partition coefficient (Wildman–Crippen LogP) is 3.87. The van der Waals surface area contributed by atoms with Gasteiger partial charge in [0.25, 0.3) is 0 Å². The van der Waals surface area contributed by atoms with E-state index < -0.39 is 48.4 Å². The number of nitrogens with two attached hydrogens (primary N) is 1. The van der Waals surface area contributed by atoms with Crippen LogP contribution in [0.5, 0.6) is 0 Å². The number of aliphatic hydroxyl groups is 4. The Labute approximate surface area is 252 Å². The van der Waals surface area contributed by atoms with Crippen LogP contribution in [-0.2, 0) is 9.53 Å². The second-order valence-corrected chi connectivity index (χ2v) is 12.6. The van der Waals surface area contributed by atoms with E-state index in [1.807, 2.05) is 53.7 Å². The molecule has 42 heavy (non-hydrogen) atoms. The molecule has 0 spiro atoms. The van der Waals surface area contributed by atoms with Crippen molar-refractivity contribution in [3.8, 4) is 0 Å². The highest BCUT2D eigenvalue weighted by Crippen LogP contribution is 2.30. The Morgan fingerprint density at radius 3 is 2.21 bits per heavy atom. The highest BCUT2D eigenvalue weighted by Gasteiger charge is 2.40. The number of esters is 1. The van der Waals surface area contributed by atoms with Gasteiger partial charge in [0.05, 0.1) is 30.3 Å². The molecule has 7 N–H and O–H groups in total. The maximum Gasteiger partial charge on any atom is 0.312 e. The number of carbonyl (C=O) groups excluding carboxylic acids is 2. The van der Waals surface area contributed by atoms with Gasteiger partial charge in [-0.15, -0.1) is 0 Å². The average Bonchev–Trinajstić information content (AvgIpc) is 2.93. The lowest BCUT2D eigenvalue weighted by Gasteiger charge is -2.36. The van der Waals surface area contributed by atoms with Crippen molar-refractivity contribution in [2.45, 2.75) is 105 Å². The van der Waals surface area contributed by atoms with Crippen LogP contribution in [0.15, 0.2) is 48.6 Å². The minimum atomic E-state index is -0.889. The van der Waals surface area contributed by atoms with Crippen molar-refractivity contribution in [2.75, 3.05) is 0 Å². The van der Waals surface area contributed by atoms with Gasteiger partial charge in [-0.2, -0.15) is 0 Å². The van der Waals surface area contributed by atoms with Gasteiger partial charge in [-0.05, 0) is 32.1 Å². The van der Waals surface area contributed by atoms with Gasteiger partial charge in [0.2, 0.25) is 0 Å². The molecule has 0 bridgehead atoms. The first-order chi connectivity index (χ1) is 19.5. The van der Waals surface area contributed by atoms with Crippen LogP contribution in [0.2, 0.25) is 0 Å². The molecule has 0 aromatic carbocycles.